The second-order valence-electron chi connectivity index (χ2n) is 8.44. The van der Waals surface area contributed by atoms with Gasteiger partial charge in [-0.3, -0.25) is 19.3 Å². The molecule has 0 aliphatic carbocycles. The van der Waals surface area contributed by atoms with Crippen molar-refractivity contribution >= 4 is 40.7 Å². The summed E-state index contributed by atoms with van der Waals surface area (Å²) in [5.41, 5.74) is 3.95. The van der Waals surface area contributed by atoms with E-state index in [2.05, 4.69) is 25.6 Å². The molecular weight excluding hydrogens is 508 g/mol. The maximum Gasteiger partial charge on any atom is 0.252 e. The monoisotopic (exact) mass is 532 g/mol. The second-order valence-corrected chi connectivity index (χ2v) is 8.70. The number of rotatable bonds is 8. The van der Waals surface area contributed by atoms with E-state index in [1.165, 1.54) is 30.0 Å². The summed E-state index contributed by atoms with van der Waals surface area (Å²) >= 11 is 6.00. The lowest BCUT2D eigenvalue weighted by atomic mass is 10.0. The maximum atomic E-state index is 13.9. The van der Waals surface area contributed by atoms with Crippen molar-refractivity contribution in [2.24, 2.45) is 0 Å². The highest BCUT2D eigenvalue weighted by Crippen LogP contribution is 2.32. The molecule has 0 fully saturated rings. The molecule has 10 nitrogen and oxygen atoms in total. The van der Waals surface area contributed by atoms with Crippen LogP contribution in [0.5, 0.6) is 0 Å². The first kappa shape index (κ1) is 26.5. The Morgan fingerprint density at radius 2 is 1.66 bits per heavy atom. The van der Waals surface area contributed by atoms with Gasteiger partial charge in [-0.15, -0.1) is 11.6 Å². The molecule has 3 amide bonds. The Labute approximate surface area is 224 Å². The quantitative estimate of drug-likeness (QED) is 0.327. The number of amides is 3. The molecule has 0 aliphatic rings. The zero-order chi connectivity index (χ0) is 27.2. The molecule has 1 unspecified atom stereocenters. The summed E-state index contributed by atoms with van der Waals surface area (Å²) in [6, 6.07) is 9.13. The summed E-state index contributed by atoms with van der Waals surface area (Å²) in [7, 11) is 1.55. The summed E-state index contributed by atoms with van der Waals surface area (Å²) in [4.78, 5) is 52.5. The van der Waals surface area contributed by atoms with Crippen LogP contribution in [0, 0.1) is 13.8 Å². The first-order chi connectivity index (χ1) is 18.3. The van der Waals surface area contributed by atoms with Crippen molar-refractivity contribution in [3.8, 4) is 11.3 Å². The van der Waals surface area contributed by atoms with Crippen molar-refractivity contribution in [3.05, 3.63) is 90.0 Å². The van der Waals surface area contributed by atoms with Crippen LogP contribution in [0.15, 0.2) is 72.1 Å². The molecule has 4 aromatic rings. The van der Waals surface area contributed by atoms with Gasteiger partial charge in [-0.2, -0.15) is 0 Å². The van der Waals surface area contributed by atoms with E-state index in [4.69, 9.17) is 16.0 Å². The number of hydrogen-bond acceptors (Lipinski definition) is 7. The van der Waals surface area contributed by atoms with Gasteiger partial charge in [-0.05, 0) is 61.4 Å². The summed E-state index contributed by atoms with van der Waals surface area (Å²) in [5.74, 6) is -1.03. The number of hydrogen-bond donors (Lipinski definition) is 2. The molecule has 0 radical (unpaired) electrons. The largest absolute Gasteiger partial charge is 0.444 e. The molecule has 11 heteroatoms. The van der Waals surface area contributed by atoms with Gasteiger partial charge in [-0.1, -0.05) is 0 Å². The number of aromatic nitrogens is 3. The van der Waals surface area contributed by atoms with Crippen LogP contribution in [0.3, 0.4) is 0 Å². The fourth-order valence-corrected chi connectivity index (χ4v) is 4.27. The van der Waals surface area contributed by atoms with E-state index < -0.39 is 17.9 Å². The number of nitrogens with one attached hydrogen (secondary N) is 2. The molecule has 0 spiro atoms. The van der Waals surface area contributed by atoms with Gasteiger partial charge in [0.05, 0.1) is 6.20 Å². The Morgan fingerprint density at radius 1 is 1.00 bits per heavy atom. The molecule has 2 aromatic heterocycles. The Balaban J connectivity index is 1.75. The zero-order valence-electron chi connectivity index (χ0n) is 20.9. The fraction of sp³-hybridized carbons (Fsp3) is 0.185. The van der Waals surface area contributed by atoms with Crippen LogP contribution < -0.4 is 15.5 Å². The first-order valence-corrected chi connectivity index (χ1v) is 12.1. The predicted octanol–water partition coefficient (Wildman–Crippen LogP) is 4.06. The minimum atomic E-state index is -1.14. The molecular formula is C27H25ClN6O4. The lowest BCUT2D eigenvalue weighted by Crippen LogP contribution is -2.42. The number of alkyl halides is 1. The Hall–Kier alpha value is -4.57. The SMILES string of the molecule is CNC(=O)c1cc(C)c(NC(=O)C(c2cncnc2)N(C(=O)CCl)c2ccc(-c3cnco3)cc2)c(C)c1. The van der Waals surface area contributed by atoms with Gasteiger partial charge in [-0.25, -0.2) is 15.0 Å². The third kappa shape index (κ3) is 5.55. The molecule has 2 heterocycles. The topological polar surface area (TPSA) is 130 Å². The van der Waals surface area contributed by atoms with Gasteiger partial charge in [0.25, 0.3) is 11.8 Å². The van der Waals surface area contributed by atoms with Crippen LogP contribution in [0.25, 0.3) is 11.3 Å². The molecule has 0 saturated heterocycles. The maximum absolute atomic E-state index is 13.9. The number of anilines is 2. The van der Waals surface area contributed by atoms with Crippen molar-refractivity contribution in [2.45, 2.75) is 19.9 Å². The highest BCUT2D eigenvalue weighted by Gasteiger charge is 2.33. The molecule has 194 valence electrons. The second kappa shape index (κ2) is 11.7. The lowest BCUT2D eigenvalue weighted by molar-refractivity contribution is -0.122. The van der Waals surface area contributed by atoms with Gasteiger partial charge in [0, 0.05) is 47.5 Å². The summed E-state index contributed by atoms with van der Waals surface area (Å²) in [6.45, 7) is 3.58. The predicted molar refractivity (Wildman–Crippen MR) is 143 cm³/mol. The average Bonchev–Trinajstić information content (AvgIpc) is 3.48. The van der Waals surface area contributed by atoms with Gasteiger partial charge >= 0.3 is 0 Å². The van der Waals surface area contributed by atoms with Gasteiger partial charge in [0.2, 0.25) is 5.91 Å². The number of carbonyl (C=O) groups is 3. The van der Waals surface area contributed by atoms with Crippen molar-refractivity contribution in [3.63, 3.8) is 0 Å². The summed E-state index contributed by atoms with van der Waals surface area (Å²) < 4.78 is 5.34. The number of nitrogens with zero attached hydrogens (tertiary/aromatic N) is 4. The van der Waals surface area contributed by atoms with Crippen LogP contribution in [0.4, 0.5) is 11.4 Å². The van der Waals surface area contributed by atoms with E-state index in [0.717, 1.165) is 5.56 Å². The van der Waals surface area contributed by atoms with Gasteiger partial charge < -0.3 is 15.1 Å². The van der Waals surface area contributed by atoms with Crippen molar-refractivity contribution < 1.29 is 18.8 Å². The minimum Gasteiger partial charge on any atom is -0.444 e. The third-order valence-corrected chi connectivity index (χ3v) is 6.15. The number of carbonyl (C=O) groups excluding carboxylic acids is 3. The molecule has 0 bridgehead atoms. The van der Waals surface area contributed by atoms with E-state index in [0.29, 0.717) is 39.4 Å². The lowest BCUT2D eigenvalue weighted by Gasteiger charge is -2.31. The van der Waals surface area contributed by atoms with Crippen molar-refractivity contribution in [1.29, 1.82) is 0 Å². The highest BCUT2D eigenvalue weighted by atomic mass is 35.5. The smallest absolute Gasteiger partial charge is 0.252 e. The van der Waals surface area contributed by atoms with E-state index in [1.807, 2.05) is 0 Å². The molecule has 1 atom stereocenters. The third-order valence-electron chi connectivity index (χ3n) is 5.92. The molecule has 38 heavy (non-hydrogen) atoms. The van der Waals surface area contributed by atoms with Crippen LogP contribution in [-0.4, -0.2) is 45.6 Å². The molecule has 0 aliphatic heterocycles. The molecule has 4 rings (SSSR count). The van der Waals surface area contributed by atoms with Crippen molar-refractivity contribution in [2.75, 3.05) is 23.1 Å². The van der Waals surface area contributed by atoms with Crippen LogP contribution in [0.2, 0.25) is 0 Å². The number of oxazole rings is 1. The number of benzene rings is 2. The number of aryl methyl sites for hydroxylation is 2. The molecule has 0 saturated carbocycles. The average molecular weight is 533 g/mol. The van der Waals surface area contributed by atoms with E-state index >= 15 is 0 Å². The Morgan fingerprint density at radius 3 is 2.21 bits per heavy atom. The van der Waals surface area contributed by atoms with E-state index in [1.54, 1.807) is 63.5 Å². The zero-order valence-corrected chi connectivity index (χ0v) is 21.7. The number of halogens is 1. The standard InChI is InChI=1S/C27H25ClN6O4/c1-16-8-19(26(36)29-3)9-17(2)24(16)33-27(37)25(20-11-30-14-31-12-20)34(23(35)10-28)21-6-4-18(5-7-21)22-13-32-15-38-22/h4-9,11-15,25H,10H2,1-3H3,(H,29,36)(H,33,37). The summed E-state index contributed by atoms with van der Waals surface area (Å²) in [5, 5.41) is 5.53. The van der Waals surface area contributed by atoms with Crippen LogP contribution in [-0.2, 0) is 9.59 Å². The minimum absolute atomic E-state index is 0.235. The normalized spacial score (nSPS) is 11.5. The van der Waals surface area contributed by atoms with Gasteiger partial charge in [0.1, 0.15) is 18.2 Å². The van der Waals surface area contributed by atoms with Crippen LogP contribution in [0.1, 0.15) is 33.1 Å². The van der Waals surface area contributed by atoms with Crippen molar-refractivity contribution in [1.82, 2.24) is 20.3 Å². The molecule has 2 N–H and O–H groups in total. The highest BCUT2D eigenvalue weighted by molar-refractivity contribution is 6.30. The van der Waals surface area contributed by atoms with E-state index in [-0.39, 0.29) is 11.8 Å². The first-order valence-electron chi connectivity index (χ1n) is 11.6. The summed E-state index contributed by atoms with van der Waals surface area (Å²) in [6.07, 6.45) is 7.19. The van der Waals surface area contributed by atoms with E-state index in [9.17, 15) is 14.4 Å². The Bertz CT molecular complexity index is 1420. The van der Waals surface area contributed by atoms with Gasteiger partial charge in [0.15, 0.2) is 12.2 Å². The Kier molecular flexibility index (Phi) is 8.12. The molecule has 2 aromatic carbocycles. The fourth-order valence-electron chi connectivity index (χ4n) is 4.14. The van der Waals surface area contributed by atoms with Crippen LogP contribution >= 0.6 is 11.6 Å².